The van der Waals surface area contributed by atoms with Crippen LogP contribution in [-0.2, 0) is 4.74 Å². The Hall–Kier alpha value is -2.15. The zero-order valence-corrected chi connectivity index (χ0v) is 9.80. The average molecular weight is 248 g/mol. The molecule has 0 aliphatic carbocycles. The molecule has 1 aliphatic rings. The molecule has 1 aliphatic heterocycles. The third-order valence-electron chi connectivity index (χ3n) is 3.02. The molecule has 0 amide bonds. The monoisotopic (exact) mass is 248 g/mol. The predicted octanol–water partition coefficient (Wildman–Crippen LogP) is -1.24. The molecule has 0 atom stereocenters. The molecule has 0 aromatic carbocycles. The minimum absolute atomic E-state index is 0.259. The van der Waals surface area contributed by atoms with E-state index >= 15 is 0 Å². The number of H-pyrrole nitrogens is 1. The SMILES string of the molecule is Nn1ccc2nc(N3CCOCC3)[nH+]cc2c1=O. The molecule has 0 spiro atoms. The van der Waals surface area contributed by atoms with Crippen molar-refractivity contribution < 1.29 is 9.72 Å². The van der Waals surface area contributed by atoms with Crippen LogP contribution in [0.4, 0.5) is 5.95 Å². The van der Waals surface area contributed by atoms with E-state index in [1.165, 1.54) is 6.20 Å². The molecule has 94 valence electrons. The van der Waals surface area contributed by atoms with Crippen LogP contribution in [-0.4, -0.2) is 36.0 Å². The average Bonchev–Trinajstić information content (AvgIpc) is 2.44. The molecule has 0 bridgehead atoms. The fraction of sp³-hybridized carbons (Fsp3) is 0.364. The number of rotatable bonds is 1. The van der Waals surface area contributed by atoms with E-state index in [4.69, 9.17) is 10.6 Å². The molecule has 7 nitrogen and oxygen atoms in total. The normalized spacial score (nSPS) is 16.1. The van der Waals surface area contributed by atoms with E-state index in [-0.39, 0.29) is 5.56 Å². The Morgan fingerprint density at radius 1 is 1.39 bits per heavy atom. The summed E-state index contributed by atoms with van der Waals surface area (Å²) in [5, 5.41) is 0.483. The number of nitrogens with zero attached hydrogens (tertiary/aromatic N) is 3. The van der Waals surface area contributed by atoms with E-state index in [9.17, 15) is 4.79 Å². The maximum absolute atomic E-state index is 11.8. The number of ether oxygens (including phenoxy) is 1. The van der Waals surface area contributed by atoms with Crippen LogP contribution in [0.15, 0.2) is 23.3 Å². The van der Waals surface area contributed by atoms with Gasteiger partial charge in [-0.25, -0.2) is 9.66 Å². The minimum Gasteiger partial charge on any atom is -0.375 e. The van der Waals surface area contributed by atoms with Crippen molar-refractivity contribution in [2.24, 2.45) is 0 Å². The lowest BCUT2D eigenvalue weighted by atomic mass is 10.3. The number of fused-ring (bicyclic) bond motifs is 1. The van der Waals surface area contributed by atoms with E-state index in [1.807, 2.05) is 0 Å². The Kier molecular flexibility index (Phi) is 2.60. The van der Waals surface area contributed by atoms with Crippen LogP contribution in [0.25, 0.3) is 10.9 Å². The van der Waals surface area contributed by atoms with Gasteiger partial charge in [-0.05, 0) is 0 Å². The topological polar surface area (TPSA) is 87.5 Å². The Morgan fingerprint density at radius 2 is 2.17 bits per heavy atom. The zero-order valence-electron chi connectivity index (χ0n) is 9.80. The van der Waals surface area contributed by atoms with Crippen LogP contribution in [0, 0.1) is 0 Å². The number of pyridine rings is 1. The first-order chi connectivity index (χ1) is 8.75. The van der Waals surface area contributed by atoms with Gasteiger partial charge in [-0.15, -0.1) is 0 Å². The van der Waals surface area contributed by atoms with Crippen molar-refractivity contribution >= 4 is 16.9 Å². The summed E-state index contributed by atoms with van der Waals surface area (Å²) in [4.78, 5) is 21.3. The van der Waals surface area contributed by atoms with Crippen molar-refractivity contribution in [2.45, 2.75) is 0 Å². The van der Waals surface area contributed by atoms with E-state index in [0.29, 0.717) is 24.1 Å². The molecule has 3 heterocycles. The molecule has 1 saturated heterocycles. The van der Waals surface area contributed by atoms with E-state index in [1.54, 1.807) is 12.3 Å². The molecule has 0 saturated carbocycles. The Balaban J connectivity index is 2.06. The van der Waals surface area contributed by atoms with Crippen LogP contribution >= 0.6 is 0 Å². The number of hydrogen-bond acceptors (Lipinski definition) is 5. The largest absolute Gasteiger partial charge is 0.392 e. The fourth-order valence-corrected chi connectivity index (χ4v) is 2.01. The number of nitrogens with two attached hydrogens (primary N) is 1. The van der Waals surface area contributed by atoms with Crippen LogP contribution in [0.2, 0.25) is 0 Å². The molecule has 7 heteroatoms. The second-order valence-electron chi connectivity index (χ2n) is 4.15. The number of aromatic amines is 1. The zero-order chi connectivity index (χ0) is 12.5. The molecule has 1 fully saturated rings. The smallest absolute Gasteiger partial charge is 0.375 e. The third-order valence-corrected chi connectivity index (χ3v) is 3.02. The summed E-state index contributed by atoms with van der Waals surface area (Å²) in [6.07, 6.45) is 3.17. The first kappa shape index (κ1) is 11.0. The highest BCUT2D eigenvalue weighted by molar-refractivity contribution is 5.76. The van der Waals surface area contributed by atoms with Crippen LogP contribution < -0.4 is 21.3 Å². The lowest BCUT2D eigenvalue weighted by molar-refractivity contribution is -0.366. The van der Waals surface area contributed by atoms with E-state index in [0.717, 1.165) is 23.7 Å². The second kappa shape index (κ2) is 4.26. The molecule has 2 aromatic heterocycles. The number of aromatic nitrogens is 3. The summed E-state index contributed by atoms with van der Waals surface area (Å²) in [6.45, 7) is 2.97. The number of morpholine rings is 1. The molecular weight excluding hydrogens is 234 g/mol. The predicted molar refractivity (Wildman–Crippen MR) is 65.7 cm³/mol. The van der Waals surface area contributed by atoms with Crippen molar-refractivity contribution in [3.05, 3.63) is 28.8 Å². The minimum atomic E-state index is -0.259. The van der Waals surface area contributed by atoms with E-state index < -0.39 is 0 Å². The molecule has 3 N–H and O–H groups in total. The van der Waals surface area contributed by atoms with Crippen LogP contribution in [0.5, 0.6) is 0 Å². The van der Waals surface area contributed by atoms with Crippen molar-refractivity contribution in [1.82, 2.24) is 9.66 Å². The summed E-state index contributed by atoms with van der Waals surface area (Å²) in [5.74, 6) is 6.25. The van der Waals surface area contributed by atoms with Crippen LogP contribution in [0.3, 0.4) is 0 Å². The molecule has 18 heavy (non-hydrogen) atoms. The first-order valence-electron chi connectivity index (χ1n) is 5.77. The van der Waals surface area contributed by atoms with Crippen molar-refractivity contribution in [3.8, 4) is 0 Å². The second-order valence-corrected chi connectivity index (χ2v) is 4.15. The molecular formula is C11H14N5O2+. The van der Waals surface area contributed by atoms with Gasteiger partial charge in [-0.2, -0.15) is 0 Å². The van der Waals surface area contributed by atoms with E-state index in [2.05, 4.69) is 14.9 Å². The van der Waals surface area contributed by atoms with Crippen molar-refractivity contribution in [2.75, 3.05) is 37.0 Å². The molecule has 0 unspecified atom stereocenters. The highest BCUT2D eigenvalue weighted by Gasteiger charge is 2.21. The maximum atomic E-state index is 11.8. The molecule has 3 rings (SSSR count). The van der Waals surface area contributed by atoms with Gasteiger partial charge in [0, 0.05) is 12.3 Å². The van der Waals surface area contributed by atoms with Gasteiger partial charge < -0.3 is 10.6 Å². The highest BCUT2D eigenvalue weighted by atomic mass is 16.5. The van der Waals surface area contributed by atoms with Gasteiger partial charge in [0.2, 0.25) is 0 Å². The van der Waals surface area contributed by atoms with Gasteiger partial charge in [0.25, 0.3) is 5.56 Å². The first-order valence-corrected chi connectivity index (χ1v) is 5.77. The number of hydrogen-bond donors (Lipinski definition) is 1. The number of nitrogens with one attached hydrogen (secondary N) is 1. The molecule has 0 radical (unpaired) electrons. The van der Waals surface area contributed by atoms with Gasteiger partial charge in [0.1, 0.15) is 5.39 Å². The summed E-state index contributed by atoms with van der Waals surface area (Å²) < 4.78 is 6.34. The Bertz CT molecular complexity index is 633. The van der Waals surface area contributed by atoms with Gasteiger partial charge in [0.15, 0.2) is 5.52 Å². The Labute approximate surface area is 103 Å². The van der Waals surface area contributed by atoms with Gasteiger partial charge in [-0.1, -0.05) is 4.98 Å². The summed E-state index contributed by atoms with van der Waals surface area (Å²) in [5.41, 5.74) is 0.381. The summed E-state index contributed by atoms with van der Waals surface area (Å²) in [6, 6.07) is 1.73. The quantitative estimate of drug-likeness (QED) is 0.638. The summed E-state index contributed by atoms with van der Waals surface area (Å²) >= 11 is 0. The van der Waals surface area contributed by atoms with Gasteiger partial charge in [0.05, 0.1) is 32.5 Å². The number of nitrogen functional groups attached to an aromatic ring is 1. The number of anilines is 1. The third kappa shape index (κ3) is 1.78. The van der Waals surface area contributed by atoms with Crippen molar-refractivity contribution in [1.29, 1.82) is 0 Å². The van der Waals surface area contributed by atoms with Crippen LogP contribution in [0.1, 0.15) is 0 Å². The van der Waals surface area contributed by atoms with Gasteiger partial charge >= 0.3 is 5.95 Å². The lowest BCUT2D eigenvalue weighted by Gasteiger charge is -2.20. The lowest BCUT2D eigenvalue weighted by Crippen LogP contribution is -2.40. The fourth-order valence-electron chi connectivity index (χ4n) is 2.01. The summed E-state index contributed by atoms with van der Waals surface area (Å²) in [7, 11) is 0. The molecule has 2 aromatic rings. The maximum Gasteiger partial charge on any atom is 0.392 e. The van der Waals surface area contributed by atoms with Gasteiger partial charge in [-0.3, -0.25) is 9.69 Å². The Morgan fingerprint density at radius 3 is 2.94 bits per heavy atom. The standard InChI is InChI=1S/C11H13N5O2/c12-16-2-1-9-8(10(16)17)7-13-11(14-9)15-3-5-18-6-4-15/h1-2,7H,3-6,12H2/p+1. The highest BCUT2D eigenvalue weighted by Crippen LogP contribution is 2.10. The van der Waals surface area contributed by atoms with Crippen molar-refractivity contribution in [3.63, 3.8) is 0 Å².